The second-order valence-electron chi connectivity index (χ2n) is 5.81. The normalized spacial score (nSPS) is 25.8. The van der Waals surface area contributed by atoms with Gasteiger partial charge in [-0.1, -0.05) is 56.5 Å². The van der Waals surface area contributed by atoms with Crippen LogP contribution < -0.4 is 5.32 Å². The van der Waals surface area contributed by atoms with Crippen LogP contribution in [0.1, 0.15) is 57.1 Å². The van der Waals surface area contributed by atoms with Gasteiger partial charge in [-0.05, 0) is 30.7 Å². The van der Waals surface area contributed by atoms with E-state index in [2.05, 4.69) is 12.2 Å². The van der Waals surface area contributed by atoms with E-state index in [0.717, 1.165) is 11.5 Å². The third-order valence-electron chi connectivity index (χ3n) is 4.45. The molecule has 19 heavy (non-hydrogen) atoms. The highest BCUT2D eigenvalue weighted by Gasteiger charge is 2.18. The van der Waals surface area contributed by atoms with E-state index in [-0.39, 0.29) is 6.10 Å². The summed E-state index contributed by atoms with van der Waals surface area (Å²) in [5.41, 5.74) is 1.01. The fourth-order valence-electron chi connectivity index (χ4n) is 3.06. The number of aliphatic hydroxyl groups is 1. The minimum atomic E-state index is -0.383. The third kappa shape index (κ3) is 4.63. The van der Waals surface area contributed by atoms with Gasteiger partial charge in [-0.15, -0.1) is 0 Å². The summed E-state index contributed by atoms with van der Waals surface area (Å²) in [6, 6.07) is 10.5. The molecule has 0 saturated heterocycles. The highest BCUT2D eigenvalue weighted by Crippen LogP contribution is 2.25. The Hall–Kier alpha value is -0.860. The first-order chi connectivity index (χ1) is 9.29. The highest BCUT2D eigenvalue weighted by molar-refractivity contribution is 5.17. The van der Waals surface area contributed by atoms with Crippen LogP contribution >= 0.6 is 0 Å². The van der Waals surface area contributed by atoms with Crippen LogP contribution in [-0.2, 0) is 0 Å². The zero-order chi connectivity index (χ0) is 13.5. The van der Waals surface area contributed by atoms with Gasteiger partial charge in [0, 0.05) is 12.6 Å². The van der Waals surface area contributed by atoms with E-state index in [1.807, 2.05) is 30.3 Å². The Balaban J connectivity index is 1.76. The van der Waals surface area contributed by atoms with Crippen molar-refractivity contribution in [1.29, 1.82) is 0 Å². The molecule has 3 atom stereocenters. The van der Waals surface area contributed by atoms with Gasteiger partial charge in [0.1, 0.15) is 0 Å². The van der Waals surface area contributed by atoms with Crippen LogP contribution in [0.4, 0.5) is 0 Å². The molecule has 3 unspecified atom stereocenters. The average molecular weight is 261 g/mol. The van der Waals surface area contributed by atoms with Crippen LogP contribution in [0.2, 0.25) is 0 Å². The SMILES string of the molecule is CCC1CCCC(NCC(O)c2ccccc2)CC1. The zero-order valence-electron chi connectivity index (χ0n) is 12.0. The maximum absolute atomic E-state index is 10.2. The van der Waals surface area contributed by atoms with Crippen LogP contribution in [0.15, 0.2) is 30.3 Å². The molecule has 0 aliphatic heterocycles. The van der Waals surface area contributed by atoms with Crippen LogP contribution in [0.3, 0.4) is 0 Å². The molecular weight excluding hydrogens is 234 g/mol. The lowest BCUT2D eigenvalue weighted by atomic mass is 9.98. The van der Waals surface area contributed by atoms with Crippen LogP contribution in [0.5, 0.6) is 0 Å². The molecule has 106 valence electrons. The lowest BCUT2D eigenvalue weighted by Crippen LogP contribution is -2.32. The minimum Gasteiger partial charge on any atom is -0.387 e. The molecule has 0 aromatic heterocycles. The van der Waals surface area contributed by atoms with Crippen molar-refractivity contribution >= 4 is 0 Å². The van der Waals surface area contributed by atoms with E-state index >= 15 is 0 Å². The van der Waals surface area contributed by atoms with Crippen molar-refractivity contribution in [2.24, 2.45) is 5.92 Å². The Morgan fingerprint density at radius 3 is 2.68 bits per heavy atom. The Labute approximate surface area is 117 Å². The average Bonchev–Trinajstić information content (AvgIpc) is 2.70. The van der Waals surface area contributed by atoms with Crippen LogP contribution in [-0.4, -0.2) is 17.7 Å². The van der Waals surface area contributed by atoms with E-state index in [1.54, 1.807) is 0 Å². The van der Waals surface area contributed by atoms with Gasteiger partial charge in [0.05, 0.1) is 6.10 Å². The van der Waals surface area contributed by atoms with Gasteiger partial charge in [-0.25, -0.2) is 0 Å². The van der Waals surface area contributed by atoms with Crippen LogP contribution in [0.25, 0.3) is 0 Å². The second kappa shape index (κ2) is 7.66. The summed E-state index contributed by atoms with van der Waals surface area (Å²) >= 11 is 0. The van der Waals surface area contributed by atoms with E-state index in [0.29, 0.717) is 12.6 Å². The third-order valence-corrected chi connectivity index (χ3v) is 4.45. The molecule has 0 amide bonds. The molecule has 0 spiro atoms. The summed E-state index contributed by atoms with van der Waals surface area (Å²) < 4.78 is 0. The number of nitrogens with one attached hydrogen (secondary N) is 1. The predicted molar refractivity (Wildman–Crippen MR) is 80.1 cm³/mol. The summed E-state index contributed by atoms with van der Waals surface area (Å²) in [5.74, 6) is 0.922. The number of benzene rings is 1. The Morgan fingerprint density at radius 2 is 1.95 bits per heavy atom. The van der Waals surface area contributed by atoms with Gasteiger partial charge in [0.2, 0.25) is 0 Å². The van der Waals surface area contributed by atoms with Crippen molar-refractivity contribution < 1.29 is 5.11 Å². The summed E-state index contributed by atoms with van der Waals surface area (Å²) in [6.45, 7) is 2.98. The van der Waals surface area contributed by atoms with E-state index < -0.39 is 0 Å². The molecule has 2 nitrogen and oxygen atoms in total. The maximum atomic E-state index is 10.2. The largest absolute Gasteiger partial charge is 0.387 e. The molecule has 0 heterocycles. The maximum Gasteiger partial charge on any atom is 0.0914 e. The molecule has 2 rings (SSSR count). The van der Waals surface area contributed by atoms with Crippen molar-refractivity contribution in [1.82, 2.24) is 5.32 Å². The first-order valence-corrected chi connectivity index (χ1v) is 7.76. The van der Waals surface area contributed by atoms with E-state index in [1.165, 1.54) is 38.5 Å². The molecule has 2 N–H and O–H groups in total. The van der Waals surface area contributed by atoms with Crippen LogP contribution in [0, 0.1) is 5.92 Å². The zero-order valence-corrected chi connectivity index (χ0v) is 12.0. The van der Waals surface area contributed by atoms with Crippen molar-refractivity contribution in [3.05, 3.63) is 35.9 Å². The molecule has 1 aliphatic rings. The number of rotatable bonds is 5. The number of aliphatic hydroxyl groups excluding tert-OH is 1. The predicted octanol–water partition coefficient (Wildman–Crippen LogP) is 3.67. The molecule has 1 aromatic rings. The van der Waals surface area contributed by atoms with Gasteiger partial charge in [0.25, 0.3) is 0 Å². The Bertz CT molecular complexity index is 352. The quantitative estimate of drug-likeness (QED) is 0.793. The molecule has 0 radical (unpaired) electrons. The molecular formula is C17H27NO. The standard InChI is InChI=1S/C17H27NO/c1-2-14-7-6-10-16(12-11-14)18-13-17(19)15-8-4-3-5-9-15/h3-5,8-9,14,16-19H,2,6-7,10-13H2,1H3. The smallest absolute Gasteiger partial charge is 0.0914 e. The summed E-state index contributed by atoms with van der Waals surface area (Å²) in [7, 11) is 0. The lowest BCUT2D eigenvalue weighted by molar-refractivity contribution is 0.168. The van der Waals surface area contributed by atoms with Gasteiger partial charge in [-0.3, -0.25) is 0 Å². The monoisotopic (exact) mass is 261 g/mol. The van der Waals surface area contributed by atoms with Crippen molar-refractivity contribution in [2.75, 3.05) is 6.54 Å². The molecule has 2 heteroatoms. The fraction of sp³-hybridized carbons (Fsp3) is 0.647. The van der Waals surface area contributed by atoms with Crippen molar-refractivity contribution in [3.63, 3.8) is 0 Å². The fourth-order valence-corrected chi connectivity index (χ4v) is 3.06. The van der Waals surface area contributed by atoms with Gasteiger partial charge in [0.15, 0.2) is 0 Å². The van der Waals surface area contributed by atoms with Crippen molar-refractivity contribution in [2.45, 2.75) is 57.6 Å². The minimum absolute atomic E-state index is 0.383. The molecule has 1 aliphatic carbocycles. The summed E-state index contributed by atoms with van der Waals surface area (Å²) in [5, 5.41) is 13.7. The van der Waals surface area contributed by atoms with E-state index in [4.69, 9.17) is 0 Å². The van der Waals surface area contributed by atoms with Gasteiger partial charge < -0.3 is 10.4 Å². The second-order valence-corrected chi connectivity index (χ2v) is 5.81. The van der Waals surface area contributed by atoms with E-state index in [9.17, 15) is 5.11 Å². The molecule has 0 bridgehead atoms. The molecule has 1 saturated carbocycles. The molecule has 1 aromatic carbocycles. The number of hydrogen-bond donors (Lipinski definition) is 2. The number of hydrogen-bond acceptors (Lipinski definition) is 2. The highest BCUT2D eigenvalue weighted by atomic mass is 16.3. The first-order valence-electron chi connectivity index (χ1n) is 7.76. The first kappa shape index (κ1) is 14.5. The van der Waals surface area contributed by atoms with Gasteiger partial charge >= 0.3 is 0 Å². The summed E-state index contributed by atoms with van der Waals surface area (Å²) in [4.78, 5) is 0. The Morgan fingerprint density at radius 1 is 1.16 bits per heavy atom. The lowest BCUT2D eigenvalue weighted by Gasteiger charge is -2.19. The molecule has 1 fully saturated rings. The van der Waals surface area contributed by atoms with Gasteiger partial charge in [-0.2, -0.15) is 0 Å². The Kier molecular flexibility index (Phi) is 5.87. The topological polar surface area (TPSA) is 32.3 Å². The summed E-state index contributed by atoms with van der Waals surface area (Å²) in [6.07, 6.45) is 7.52. The van der Waals surface area contributed by atoms with Crippen molar-refractivity contribution in [3.8, 4) is 0 Å².